The standard InChI is InChI=1S/C25H47NO3/c1-6-7-8-9-10-11-12-13-14-15-16-17-18-19-23(27)26-22(2)20-21-24(28)29-25(3,4)5/h2,6-21H2,1,3-5H3,(H,26,27). The molecule has 170 valence electrons. The summed E-state index contributed by atoms with van der Waals surface area (Å²) in [6.07, 6.45) is 18.1. The molecule has 0 aliphatic carbocycles. The minimum Gasteiger partial charge on any atom is -0.460 e. The average Bonchev–Trinajstić information content (AvgIpc) is 2.62. The van der Waals surface area contributed by atoms with Crippen LogP contribution in [0.3, 0.4) is 0 Å². The van der Waals surface area contributed by atoms with E-state index in [1.807, 2.05) is 20.8 Å². The van der Waals surface area contributed by atoms with Gasteiger partial charge in [-0.1, -0.05) is 90.6 Å². The first-order valence-electron chi connectivity index (χ1n) is 11.9. The van der Waals surface area contributed by atoms with E-state index in [9.17, 15) is 9.59 Å². The van der Waals surface area contributed by atoms with Crippen molar-refractivity contribution in [3.63, 3.8) is 0 Å². The summed E-state index contributed by atoms with van der Waals surface area (Å²) < 4.78 is 5.25. The highest BCUT2D eigenvalue weighted by molar-refractivity contribution is 5.78. The Kier molecular flexibility index (Phi) is 16.7. The van der Waals surface area contributed by atoms with E-state index in [0.717, 1.165) is 12.8 Å². The van der Waals surface area contributed by atoms with E-state index in [0.29, 0.717) is 18.5 Å². The number of ether oxygens (including phenoxy) is 1. The number of carbonyl (C=O) groups is 2. The van der Waals surface area contributed by atoms with Crippen molar-refractivity contribution in [1.29, 1.82) is 0 Å². The predicted molar refractivity (Wildman–Crippen MR) is 123 cm³/mol. The molecule has 0 unspecified atom stereocenters. The Morgan fingerprint density at radius 2 is 1.17 bits per heavy atom. The molecule has 29 heavy (non-hydrogen) atoms. The number of esters is 1. The van der Waals surface area contributed by atoms with Gasteiger partial charge >= 0.3 is 5.97 Å². The molecule has 0 heterocycles. The van der Waals surface area contributed by atoms with E-state index in [1.165, 1.54) is 70.6 Å². The molecule has 1 N–H and O–H groups in total. The zero-order valence-electron chi connectivity index (χ0n) is 19.7. The Bertz CT molecular complexity index is 451. The molecule has 1 amide bonds. The third kappa shape index (κ3) is 21.2. The molecule has 0 aliphatic heterocycles. The molecule has 0 aromatic rings. The molecule has 0 aromatic heterocycles. The van der Waals surface area contributed by atoms with Gasteiger partial charge in [-0.25, -0.2) is 0 Å². The fourth-order valence-electron chi connectivity index (χ4n) is 3.27. The highest BCUT2D eigenvalue weighted by Crippen LogP contribution is 2.13. The molecule has 0 atom stereocenters. The minimum atomic E-state index is -0.476. The van der Waals surface area contributed by atoms with Gasteiger partial charge in [-0.15, -0.1) is 0 Å². The summed E-state index contributed by atoms with van der Waals surface area (Å²) >= 11 is 0. The third-order valence-electron chi connectivity index (χ3n) is 4.87. The lowest BCUT2D eigenvalue weighted by Crippen LogP contribution is -2.25. The number of hydrogen-bond donors (Lipinski definition) is 1. The van der Waals surface area contributed by atoms with Crippen LogP contribution in [0.2, 0.25) is 0 Å². The first kappa shape index (κ1) is 27.7. The third-order valence-corrected chi connectivity index (χ3v) is 4.87. The first-order valence-corrected chi connectivity index (χ1v) is 11.9. The number of carbonyl (C=O) groups excluding carboxylic acids is 2. The largest absolute Gasteiger partial charge is 0.460 e. The maximum absolute atomic E-state index is 11.9. The molecule has 0 rings (SSSR count). The fourth-order valence-corrected chi connectivity index (χ4v) is 3.27. The van der Waals surface area contributed by atoms with Gasteiger partial charge in [0, 0.05) is 12.1 Å². The maximum Gasteiger partial charge on any atom is 0.306 e. The molecule has 0 aromatic carbocycles. The molecule has 4 nitrogen and oxygen atoms in total. The average molecular weight is 410 g/mol. The summed E-state index contributed by atoms with van der Waals surface area (Å²) in [5, 5.41) is 2.80. The molecule has 0 aliphatic rings. The second kappa shape index (κ2) is 17.5. The summed E-state index contributed by atoms with van der Waals surface area (Å²) in [6, 6.07) is 0. The van der Waals surface area contributed by atoms with E-state index >= 15 is 0 Å². The summed E-state index contributed by atoms with van der Waals surface area (Å²) in [5.74, 6) is -0.258. The van der Waals surface area contributed by atoms with Gasteiger partial charge in [-0.05, 0) is 33.6 Å². The molecule has 0 saturated carbocycles. The van der Waals surface area contributed by atoms with Gasteiger partial charge in [-0.2, -0.15) is 0 Å². The lowest BCUT2D eigenvalue weighted by atomic mass is 10.0. The van der Waals surface area contributed by atoms with Gasteiger partial charge in [0.15, 0.2) is 0 Å². The number of amides is 1. The summed E-state index contributed by atoms with van der Waals surface area (Å²) in [4.78, 5) is 23.6. The van der Waals surface area contributed by atoms with Crippen LogP contribution < -0.4 is 5.32 Å². The van der Waals surface area contributed by atoms with E-state index < -0.39 is 5.60 Å². The van der Waals surface area contributed by atoms with Crippen molar-refractivity contribution in [3.05, 3.63) is 12.3 Å². The number of unbranched alkanes of at least 4 members (excludes halogenated alkanes) is 12. The molecule has 0 spiro atoms. The van der Waals surface area contributed by atoms with Crippen LogP contribution in [0.25, 0.3) is 0 Å². The fraction of sp³-hybridized carbons (Fsp3) is 0.840. The SMILES string of the molecule is C=C(CCC(=O)OC(C)(C)C)NC(=O)CCCCCCCCCCCCCCC. The zero-order chi connectivity index (χ0) is 22.0. The van der Waals surface area contributed by atoms with Crippen LogP contribution in [-0.2, 0) is 14.3 Å². The zero-order valence-corrected chi connectivity index (χ0v) is 19.7. The van der Waals surface area contributed by atoms with Crippen molar-refractivity contribution >= 4 is 11.9 Å². The number of hydrogen-bond acceptors (Lipinski definition) is 3. The molecular weight excluding hydrogens is 362 g/mol. The molecule has 4 heteroatoms. The monoisotopic (exact) mass is 409 g/mol. The Hall–Kier alpha value is -1.32. The van der Waals surface area contributed by atoms with E-state index in [-0.39, 0.29) is 18.3 Å². The Morgan fingerprint density at radius 1 is 0.724 bits per heavy atom. The van der Waals surface area contributed by atoms with Crippen LogP contribution in [0, 0.1) is 0 Å². The quantitative estimate of drug-likeness (QED) is 0.192. The predicted octanol–water partition coefficient (Wildman–Crippen LogP) is 7.22. The van der Waals surface area contributed by atoms with Crippen LogP contribution in [0.4, 0.5) is 0 Å². The topological polar surface area (TPSA) is 55.4 Å². The summed E-state index contributed by atoms with van der Waals surface area (Å²) in [6.45, 7) is 11.6. The van der Waals surface area contributed by atoms with Crippen molar-refractivity contribution in [3.8, 4) is 0 Å². The van der Waals surface area contributed by atoms with Crippen LogP contribution in [-0.4, -0.2) is 17.5 Å². The Labute approximate surface area is 180 Å². The molecular formula is C25H47NO3. The second-order valence-corrected chi connectivity index (χ2v) is 9.23. The van der Waals surface area contributed by atoms with Gasteiger partial charge in [0.2, 0.25) is 5.91 Å². The van der Waals surface area contributed by atoms with Gasteiger partial charge in [0.05, 0.1) is 6.42 Å². The van der Waals surface area contributed by atoms with Crippen LogP contribution in [0.1, 0.15) is 130 Å². The van der Waals surface area contributed by atoms with Crippen molar-refractivity contribution in [2.45, 2.75) is 136 Å². The van der Waals surface area contributed by atoms with E-state index in [4.69, 9.17) is 4.74 Å². The number of rotatable bonds is 18. The van der Waals surface area contributed by atoms with Crippen LogP contribution in [0.5, 0.6) is 0 Å². The summed E-state index contributed by atoms with van der Waals surface area (Å²) in [5.41, 5.74) is 0.117. The first-order chi connectivity index (χ1) is 13.7. The van der Waals surface area contributed by atoms with Gasteiger partial charge in [-0.3, -0.25) is 9.59 Å². The van der Waals surface area contributed by atoms with Crippen molar-refractivity contribution in [2.24, 2.45) is 0 Å². The minimum absolute atomic E-state index is 0.00209. The van der Waals surface area contributed by atoms with Crippen molar-refractivity contribution < 1.29 is 14.3 Å². The second-order valence-electron chi connectivity index (χ2n) is 9.23. The lowest BCUT2D eigenvalue weighted by Gasteiger charge is -2.19. The van der Waals surface area contributed by atoms with E-state index in [1.54, 1.807) is 0 Å². The normalized spacial score (nSPS) is 11.3. The van der Waals surface area contributed by atoms with Crippen molar-refractivity contribution in [2.75, 3.05) is 0 Å². The smallest absolute Gasteiger partial charge is 0.306 e. The van der Waals surface area contributed by atoms with Gasteiger partial charge < -0.3 is 10.1 Å². The lowest BCUT2D eigenvalue weighted by molar-refractivity contribution is -0.154. The van der Waals surface area contributed by atoms with Crippen molar-refractivity contribution in [1.82, 2.24) is 5.32 Å². The molecule has 0 saturated heterocycles. The Balaban J connectivity index is 3.47. The molecule has 0 bridgehead atoms. The highest BCUT2D eigenvalue weighted by Gasteiger charge is 2.16. The number of nitrogens with one attached hydrogen (secondary N) is 1. The summed E-state index contributed by atoms with van der Waals surface area (Å²) in [7, 11) is 0. The van der Waals surface area contributed by atoms with Gasteiger partial charge in [0.25, 0.3) is 0 Å². The molecule has 0 fully saturated rings. The molecule has 0 radical (unpaired) electrons. The maximum atomic E-state index is 11.9. The number of allylic oxidation sites excluding steroid dienone is 1. The van der Waals surface area contributed by atoms with Gasteiger partial charge in [0.1, 0.15) is 5.60 Å². The van der Waals surface area contributed by atoms with Crippen LogP contribution in [0.15, 0.2) is 12.3 Å². The Morgan fingerprint density at radius 3 is 1.62 bits per heavy atom. The van der Waals surface area contributed by atoms with E-state index in [2.05, 4.69) is 18.8 Å². The highest BCUT2D eigenvalue weighted by atomic mass is 16.6. The van der Waals surface area contributed by atoms with Crippen LogP contribution >= 0.6 is 0 Å².